The van der Waals surface area contributed by atoms with Gasteiger partial charge in [0.2, 0.25) is 5.91 Å². The minimum Gasteiger partial charge on any atom is -0.336 e. The Bertz CT molecular complexity index is 778. The Morgan fingerprint density at radius 3 is 2.78 bits per heavy atom. The van der Waals surface area contributed by atoms with Gasteiger partial charge < -0.3 is 9.80 Å². The van der Waals surface area contributed by atoms with Crippen LogP contribution in [0.25, 0.3) is 0 Å². The number of carbonyl (C=O) groups is 1. The molecule has 1 aromatic carbocycles. The maximum atomic E-state index is 13.0. The van der Waals surface area contributed by atoms with Gasteiger partial charge in [-0.2, -0.15) is 5.10 Å². The summed E-state index contributed by atoms with van der Waals surface area (Å²) in [5.74, 6) is 0.714. The van der Waals surface area contributed by atoms with E-state index < -0.39 is 0 Å². The van der Waals surface area contributed by atoms with E-state index in [1.165, 1.54) is 37.1 Å². The lowest BCUT2D eigenvalue weighted by atomic mass is 10.0. The lowest BCUT2D eigenvalue weighted by Gasteiger charge is -2.27. The van der Waals surface area contributed by atoms with Gasteiger partial charge in [0.25, 0.3) is 0 Å². The molecule has 3 heterocycles. The molecule has 1 saturated heterocycles. The van der Waals surface area contributed by atoms with Gasteiger partial charge in [-0.3, -0.25) is 9.48 Å². The summed E-state index contributed by atoms with van der Waals surface area (Å²) in [7, 11) is 0. The lowest BCUT2D eigenvalue weighted by Crippen LogP contribution is -2.38. The number of aromatic nitrogens is 2. The average molecular weight is 367 g/mol. The van der Waals surface area contributed by atoms with Gasteiger partial charge in [-0.05, 0) is 56.5 Å². The molecule has 0 N–H and O–H groups in total. The van der Waals surface area contributed by atoms with Crippen LogP contribution < -0.4 is 0 Å². The van der Waals surface area contributed by atoms with Crippen molar-refractivity contribution < 1.29 is 4.79 Å². The van der Waals surface area contributed by atoms with Crippen molar-refractivity contribution in [1.29, 1.82) is 0 Å². The third kappa shape index (κ3) is 4.41. The number of aryl methyl sites for hydroxylation is 2. The molecule has 0 aliphatic carbocycles. The lowest BCUT2D eigenvalue weighted by molar-refractivity contribution is -0.132. The second-order valence-electron chi connectivity index (χ2n) is 8.08. The second-order valence-corrected chi connectivity index (χ2v) is 8.08. The number of hydrogen-bond acceptors (Lipinski definition) is 3. The third-order valence-electron chi connectivity index (χ3n) is 6.00. The zero-order chi connectivity index (χ0) is 18.6. The first-order valence-electron chi connectivity index (χ1n) is 10.2. The number of hydrogen-bond donors (Lipinski definition) is 0. The largest absolute Gasteiger partial charge is 0.336 e. The Morgan fingerprint density at radius 1 is 1.15 bits per heavy atom. The molecule has 2 aromatic rings. The van der Waals surface area contributed by atoms with Gasteiger partial charge in [0.15, 0.2) is 0 Å². The zero-order valence-electron chi connectivity index (χ0n) is 16.3. The fourth-order valence-corrected chi connectivity index (χ4v) is 4.46. The minimum absolute atomic E-state index is 0.263. The highest BCUT2D eigenvalue weighted by Gasteiger charge is 2.27. The fraction of sp³-hybridized carbons (Fsp3) is 0.545. The SMILES string of the molecule is Cc1ccccc1CCC(=O)N1Cc2ccnn2CC(CN2CCCC2)C1. The molecule has 1 aromatic heterocycles. The highest BCUT2D eigenvalue weighted by Crippen LogP contribution is 2.20. The van der Waals surface area contributed by atoms with Crippen LogP contribution in [0.15, 0.2) is 36.5 Å². The number of nitrogens with zero attached hydrogens (tertiary/aromatic N) is 4. The molecule has 1 amide bonds. The molecule has 0 saturated carbocycles. The van der Waals surface area contributed by atoms with Gasteiger partial charge in [-0.25, -0.2) is 0 Å². The van der Waals surface area contributed by atoms with Crippen LogP contribution >= 0.6 is 0 Å². The van der Waals surface area contributed by atoms with Crippen molar-refractivity contribution in [3.63, 3.8) is 0 Å². The predicted molar refractivity (Wildman–Crippen MR) is 106 cm³/mol. The molecule has 144 valence electrons. The van der Waals surface area contributed by atoms with Gasteiger partial charge in [0.05, 0.1) is 12.2 Å². The molecule has 1 atom stereocenters. The number of carbonyl (C=O) groups excluding carboxylic acids is 1. The molecule has 5 heteroatoms. The van der Waals surface area contributed by atoms with Crippen molar-refractivity contribution in [2.45, 2.75) is 45.7 Å². The van der Waals surface area contributed by atoms with E-state index in [0.29, 0.717) is 18.9 Å². The van der Waals surface area contributed by atoms with E-state index in [1.807, 2.05) is 6.20 Å². The quantitative estimate of drug-likeness (QED) is 0.817. The van der Waals surface area contributed by atoms with Gasteiger partial charge in [0.1, 0.15) is 0 Å². The number of benzene rings is 1. The fourth-order valence-electron chi connectivity index (χ4n) is 4.46. The molecule has 1 unspecified atom stereocenters. The van der Waals surface area contributed by atoms with E-state index >= 15 is 0 Å². The highest BCUT2D eigenvalue weighted by atomic mass is 16.2. The monoisotopic (exact) mass is 366 g/mol. The van der Waals surface area contributed by atoms with E-state index in [4.69, 9.17) is 0 Å². The average Bonchev–Trinajstić information content (AvgIpc) is 3.29. The summed E-state index contributed by atoms with van der Waals surface area (Å²) in [6, 6.07) is 10.4. The maximum absolute atomic E-state index is 13.0. The van der Waals surface area contributed by atoms with E-state index in [2.05, 4.69) is 56.8 Å². The van der Waals surface area contributed by atoms with Crippen molar-refractivity contribution in [3.05, 3.63) is 53.3 Å². The minimum atomic E-state index is 0.263. The van der Waals surface area contributed by atoms with Crippen LogP contribution in [0.1, 0.15) is 36.1 Å². The molecule has 4 rings (SSSR count). The van der Waals surface area contributed by atoms with Crippen LogP contribution in [0, 0.1) is 12.8 Å². The number of rotatable bonds is 5. The van der Waals surface area contributed by atoms with Crippen LogP contribution in [-0.4, -0.2) is 51.7 Å². The van der Waals surface area contributed by atoms with Crippen LogP contribution in [0.5, 0.6) is 0 Å². The first kappa shape index (κ1) is 18.2. The zero-order valence-corrected chi connectivity index (χ0v) is 16.3. The van der Waals surface area contributed by atoms with E-state index in [-0.39, 0.29) is 5.91 Å². The summed E-state index contributed by atoms with van der Waals surface area (Å²) < 4.78 is 2.11. The van der Waals surface area contributed by atoms with E-state index in [9.17, 15) is 4.79 Å². The number of likely N-dealkylation sites (tertiary alicyclic amines) is 1. The Balaban J connectivity index is 1.43. The summed E-state index contributed by atoms with van der Waals surface area (Å²) in [5.41, 5.74) is 3.70. The Labute approximate surface area is 162 Å². The van der Waals surface area contributed by atoms with Crippen LogP contribution in [0.3, 0.4) is 0 Å². The van der Waals surface area contributed by atoms with Crippen LogP contribution in [0.4, 0.5) is 0 Å². The first-order chi connectivity index (χ1) is 13.2. The van der Waals surface area contributed by atoms with E-state index in [0.717, 1.165) is 31.7 Å². The molecule has 27 heavy (non-hydrogen) atoms. The maximum Gasteiger partial charge on any atom is 0.223 e. The van der Waals surface area contributed by atoms with Crippen molar-refractivity contribution in [2.75, 3.05) is 26.2 Å². The van der Waals surface area contributed by atoms with E-state index in [1.54, 1.807) is 0 Å². The smallest absolute Gasteiger partial charge is 0.223 e. The molecule has 5 nitrogen and oxygen atoms in total. The van der Waals surface area contributed by atoms with Crippen LogP contribution in [0.2, 0.25) is 0 Å². The summed E-state index contributed by atoms with van der Waals surface area (Å²) >= 11 is 0. The van der Waals surface area contributed by atoms with Crippen LogP contribution in [-0.2, 0) is 24.3 Å². The topological polar surface area (TPSA) is 41.4 Å². The second kappa shape index (κ2) is 8.26. The van der Waals surface area contributed by atoms with Gasteiger partial charge >= 0.3 is 0 Å². The molecule has 2 aliphatic heterocycles. The standard InChI is InChI=1S/C22H30N4O/c1-18-6-2-3-7-20(18)8-9-22(27)25-15-19(14-24-12-4-5-13-24)16-26-21(17-25)10-11-23-26/h2-3,6-7,10-11,19H,4-5,8-9,12-17H2,1H3. The van der Waals surface area contributed by atoms with Gasteiger partial charge in [-0.1, -0.05) is 24.3 Å². The molecule has 0 radical (unpaired) electrons. The van der Waals surface area contributed by atoms with Gasteiger partial charge in [-0.15, -0.1) is 0 Å². The van der Waals surface area contributed by atoms with Crippen molar-refractivity contribution in [1.82, 2.24) is 19.6 Å². The summed E-state index contributed by atoms with van der Waals surface area (Å²) in [6.45, 7) is 8.03. The normalized spacial score (nSPS) is 20.5. The van der Waals surface area contributed by atoms with Crippen molar-refractivity contribution >= 4 is 5.91 Å². The predicted octanol–water partition coefficient (Wildman–Crippen LogP) is 2.88. The Morgan fingerprint density at radius 2 is 1.96 bits per heavy atom. The van der Waals surface area contributed by atoms with Gasteiger partial charge in [0, 0.05) is 38.2 Å². The molecule has 1 fully saturated rings. The first-order valence-corrected chi connectivity index (χ1v) is 10.2. The summed E-state index contributed by atoms with van der Waals surface area (Å²) in [5, 5.41) is 4.50. The summed E-state index contributed by atoms with van der Waals surface area (Å²) in [6.07, 6.45) is 5.87. The third-order valence-corrected chi connectivity index (χ3v) is 6.00. The Hall–Kier alpha value is -2.14. The number of amides is 1. The molecule has 0 spiro atoms. The highest BCUT2D eigenvalue weighted by molar-refractivity contribution is 5.76. The molecule has 0 bridgehead atoms. The molecule has 2 aliphatic rings. The molecular weight excluding hydrogens is 336 g/mol. The molecular formula is C22H30N4O. The number of fused-ring (bicyclic) bond motifs is 1. The Kier molecular flexibility index (Phi) is 5.58. The summed E-state index contributed by atoms with van der Waals surface area (Å²) in [4.78, 5) is 17.7. The van der Waals surface area contributed by atoms with Crippen molar-refractivity contribution in [2.24, 2.45) is 5.92 Å². The van der Waals surface area contributed by atoms with Crippen molar-refractivity contribution in [3.8, 4) is 0 Å².